The number of hydrogen-bond donors (Lipinski definition) is 2. The molecule has 0 atom stereocenters. The molecule has 0 aliphatic heterocycles. The van der Waals surface area contributed by atoms with Crippen molar-refractivity contribution >= 4 is 11.6 Å². The number of nitrogens with two attached hydrogens (primary N) is 1. The van der Waals surface area contributed by atoms with E-state index in [4.69, 9.17) is 5.73 Å². The lowest BCUT2D eigenvalue weighted by Gasteiger charge is -2.01. The van der Waals surface area contributed by atoms with Crippen LogP contribution in [0.15, 0.2) is 30.7 Å². The number of anilines is 1. The number of aromatic nitrogens is 3. The molecular formula is C14H15N5O. The van der Waals surface area contributed by atoms with Crippen LogP contribution in [0.5, 0.6) is 0 Å². The van der Waals surface area contributed by atoms with Crippen LogP contribution in [0.4, 0.5) is 5.69 Å². The Labute approximate surface area is 117 Å². The van der Waals surface area contributed by atoms with Gasteiger partial charge in [-0.3, -0.25) is 9.48 Å². The van der Waals surface area contributed by atoms with Gasteiger partial charge in [0.25, 0.3) is 5.91 Å². The number of rotatable bonds is 3. The van der Waals surface area contributed by atoms with Crippen molar-refractivity contribution in [2.45, 2.75) is 13.5 Å². The van der Waals surface area contributed by atoms with E-state index in [0.717, 1.165) is 12.1 Å². The van der Waals surface area contributed by atoms with Crippen molar-refractivity contribution in [2.24, 2.45) is 5.73 Å². The van der Waals surface area contributed by atoms with Gasteiger partial charge in [0.05, 0.1) is 18.4 Å². The van der Waals surface area contributed by atoms with Gasteiger partial charge < -0.3 is 11.1 Å². The number of nitrogens with one attached hydrogen (secondary N) is 1. The summed E-state index contributed by atoms with van der Waals surface area (Å²) >= 11 is 0. The van der Waals surface area contributed by atoms with E-state index in [-0.39, 0.29) is 5.91 Å². The van der Waals surface area contributed by atoms with Gasteiger partial charge >= 0.3 is 0 Å². The maximum atomic E-state index is 12.0. The first kappa shape index (κ1) is 13.8. The Balaban J connectivity index is 2.05. The highest BCUT2D eigenvalue weighted by molar-refractivity contribution is 6.02. The monoisotopic (exact) mass is 269 g/mol. The minimum absolute atomic E-state index is 0.279. The molecule has 2 aromatic heterocycles. The molecule has 6 nitrogen and oxygen atoms in total. The standard InChI is InChI=1S/C14H15N5O/c1-2-19-10-12(9-17-19)18-14(20)13-6-5-11(8-16-13)4-3-7-15/h5-6,8-10H,2,7,15H2,1H3,(H,18,20). The summed E-state index contributed by atoms with van der Waals surface area (Å²) in [7, 11) is 0. The molecule has 2 rings (SSSR count). The first-order valence-corrected chi connectivity index (χ1v) is 6.21. The van der Waals surface area contributed by atoms with Gasteiger partial charge in [-0.25, -0.2) is 4.98 Å². The Bertz CT molecular complexity index is 648. The largest absolute Gasteiger partial charge is 0.320 e. The normalized spacial score (nSPS) is 9.70. The van der Waals surface area contributed by atoms with Gasteiger partial charge in [0.15, 0.2) is 0 Å². The van der Waals surface area contributed by atoms with Crippen LogP contribution in [0, 0.1) is 11.8 Å². The molecule has 0 aliphatic rings. The molecule has 0 unspecified atom stereocenters. The molecule has 3 N–H and O–H groups in total. The van der Waals surface area contributed by atoms with Crippen LogP contribution in [0.3, 0.4) is 0 Å². The Morgan fingerprint density at radius 3 is 2.90 bits per heavy atom. The van der Waals surface area contributed by atoms with E-state index in [1.54, 1.807) is 35.4 Å². The van der Waals surface area contributed by atoms with Crippen molar-refractivity contribution in [3.05, 3.63) is 42.0 Å². The highest BCUT2D eigenvalue weighted by Crippen LogP contribution is 2.07. The van der Waals surface area contributed by atoms with Gasteiger partial charge in [0.1, 0.15) is 5.69 Å². The van der Waals surface area contributed by atoms with Crippen LogP contribution in [0.1, 0.15) is 23.0 Å². The fraction of sp³-hybridized carbons (Fsp3) is 0.214. The Kier molecular flexibility index (Phi) is 4.47. The zero-order valence-electron chi connectivity index (χ0n) is 11.1. The second-order valence-electron chi connectivity index (χ2n) is 3.98. The Morgan fingerprint density at radius 2 is 2.30 bits per heavy atom. The van der Waals surface area contributed by atoms with Gasteiger partial charge in [-0.05, 0) is 19.1 Å². The number of amides is 1. The van der Waals surface area contributed by atoms with Crippen LogP contribution >= 0.6 is 0 Å². The summed E-state index contributed by atoms with van der Waals surface area (Å²) in [6.45, 7) is 3.02. The summed E-state index contributed by atoms with van der Waals surface area (Å²) in [5, 5.41) is 6.82. The Morgan fingerprint density at radius 1 is 1.45 bits per heavy atom. The molecule has 0 saturated carbocycles. The molecule has 6 heteroatoms. The minimum atomic E-state index is -0.279. The number of aryl methyl sites for hydroxylation is 1. The molecule has 0 radical (unpaired) electrons. The minimum Gasteiger partial charge on any atom is -0.320 e. The summed E-state index contributed by atoms with van der Waals surface area (Å²) in [5.41, 5.74) is 6.99. The van der Waals surface area contributed by atoms with E-state index in [1.807, 2.05) is 6.92 Å². The van der Waals surface area contributed by atoms with Crippen molar-refractivity contribution in [3.63, 3.8) is 0 Å². The summed E-state index contributed by atoms with van der Waals surface area (Å²) in [6.07, 6.45) is 4.91. The SMILES string of the molecule is CCn1cc(NC(=O)c2ccc(C#CCN)cn2)cn1. The van der Waals surface area contributed by atoms with Gasteiger partial charge in [0.2, 0.25) is 0 Å². The average Bonchev–Trinajstić information content (AvgIpc) is 2.93. The number of nitrogens with zero attached hydrogens (tertiary/aromatic N) is 3. The maximum Gasteiger partial charge on any atom is 0.274 e. The lowest BCUT2D eigenvalue weighted by Crippen LogP contribution is -2.13. The summed E-state index contributed by atoms with van der Waals surface area (Å²) in [4.78, 5) is 16.0. The molecule has 102 valence electrons. The summed E-state index contributed by atoms with van der Waals surface area (Å²) in [5.74, 6) is 5.30. The van der Waals surface area contributed by atoms with Gasteiger partial charge in [0, 0.05) is 24.5 Å². The van der Waals surface area contributed by atoms with E-state index >= 15 is 0 Å². The van der Waals surface area contributed by atoms with E-state index in [2.05, 4.69) is 27.2 Å². The lowest BCUT2D eigenvalue weighted by molar-refractivity contribution is 0.102. The van der Waals surface area contributed by atoms with Crippen LogP contribution in [-0.2, 0) is 6.54 Å². The van der Waals surface area contributed by atoms with Crippen molar-refractivity contribution in [1.29, 1.82) is 0 Å². The molecule has 20 heavy (non-hydrogen) atoms. The topological polar surface area (TPSA) is 85.8 Å². The number of carbonyl (C=O) groups is 1. The molecule has 0 spiro atoms. The zero-order chi connectivity index (χ0) is 14.4. The van der Waals surface area contributed by atoms with Crippen molar-refractivity contribution in [2.75, 3.05) is 11.9 Å². The highest BCUT2D eigenvalue weighted by atomic mass is 16.1. The van der Waals surface area contributed by atoms with Crippen LogP contribution in [-0.4, -0.2) is 27.2 Å². The number of hydrogen-bond acceptors (Lipinski definition) is 4. The van der Waals surface area contributed by atoms with E-state index in [0.29, 0.717) is 17.9 Å². The third-order valence-electron chi connectivity index (χ3n) is 2.55. The van der Waals surface area contributed by atoms with Gasteiger partial charge in [-0.15, -0.1) is 0 Å². The first-order chi connectivity index (χ1) is 9.72. The van der Waals surface area contributed by atoms with E-state index in [9.17, 15) is 4.79 Å². The van der Waals surface area contributed by atoms with Crippen molar-refractivity contribution < 1.29 is 4.79 Å². The maximum absolute atomic E-state index is 12.0. The fourth-order valence-corrected chi connectivity index (χ4v) is 1.55. The second-order valence-corrected chi connectivity index (χ2v) is 3.98. The molecular weight excluding hydrogens is 254 g/mol. The van der Waals surface area contributed by atoms with Crippen molar-refractivity contribution in [3.8, 4) is 11.8 Å². The average molecular weight is 269 g/mol. The van der Waals surface area contributed by atoms with Crippen molar-refractivity contribution in [1.82, 2.24) is 14.8 Å². The molecule has 0 saturated heterocycles. The highest BCUT2D eigenvalue weighted by Gasteiger charge is 2.08. The van der Waals surface area contributed by atoms with E-state index < -0.39 is 0 Å². The third kappa shape index (κ3) is 3.43. The molecule has 2 aromatic rings. The molecule has 2 heterocycles. The molecule has 0 aliphatic carbocycles. The van der Waals surface area contributed by atoms with Crippen LogP contribution in [0.2, 0.25) is 0 Å². The predicted octanol–water partition coefficient (Wildman–Crippen LogP) is 0.861. The van der Waals surface area contributed by atoms with Crippen LogP contribution < -0.4 is 11.1 Å². The van der Waals surface area contributed by atoms with E-state index in [1.165, 1.54) is 0 Å². The first-order valence-electron chi connectivity index (χ1n) is 6.21. The summed E-state index contributed by atoms with van der Waals surface area (Å²) < 4.78 is 1.73. The Hall–Kier alpha value is -2.65. The number of carbonyl (C=O) groups excluding carboxylic acids is 1. The number of pyridine rings is 1. The zero-order valence-corrected chi connectivity index (χ0v) is 11.1. The summed E-state index contributed by atoms with van der Waals surface area (Å²) in [6, 6.07) is 3.36. The smallest absolute Gasteiger partial charge is 0.274 e. The van der Waals surface area contributed by atoms with Gasteiger partial charge in [-0.2, -0.15) is 5.10 Å². The quantitative estimate of drug-likeness (QED) is 0.809. The van der Waals surface area contributed by atoms with Crippen LogP contribution in [0.25, 0.3) is 0 Å². The third-order valence-corrected chi connectivity index (χ3v) is 2.55. The molecule has 0 aromatic carbocycles. The molecule has 1 amide bonds. The second kappa shape index (κ2) is 6.50. The lowest BCUT2D eigenvalue weighted by atomic mass is 10.2. The molecule has 0 bridgehead atoms. The molecule has 0 fully saturated rings. The van der Waals surface area contributed by atoms with Gasteiger partial charge in [-0.1, -0.05) is 11.8 Å². The fourth-order valence-electron chi connectivity index (χ4n) is 1.55. The predicted molar refractivity (Wildman–Crippen MR) is 76.0 cm³/mol.